The minimum Gasteiger partial charge on any atom is -0.563 e. The van der Waals surface area contributed by atoms with Gasteiger partial charge in [-0.25, -0.2) is 6.10 Å². The van der Waals surface area contributed by atoms with Gasteiger partial charge in [0.15, 0.2) is 0 Å². The third-order valence-corrected chi connectivity index (χ3v) is 1.33. The van der Waals surface area contributed by atoms with E-state index < -0.39 is 0 Å². The zero-order valence-corrected chi connectivity index (χ0v) is 8.23. The van der Waals surface area contributed by atoms with E-state index in [4.69, 9.17) is 5.11 Å². The monoisotopic (exact) mass is 124 g/mol. The van der Waals surface area contributed by atoms with Crippen LogP contribution in [0.5, 0.6) is 0 Å². The number of aliphatic hydroxyl groups is 1. The second-order valence-corrected chi connectivity index (χ2v) is 1.95. The SMILES string of the molecule is CCC(C)[C-](C)O.[Na+]. The minimum absolute atomic E-state index is 0. The van der Waals surface area contributed by atoms with Gasteiger partial charge in [-0.05, 0) is 0 Å². The Morgan fingerprint density at radius 3 is 2.00 bits per heavy atom. The summed E-state index contributed by atoms with van der Waals surface area (Å²) < 4.78 is 0. The largest absolute Gasteiger partial charge is 1.00 e. The van der Waals surface area contributed by atoms with E-state index in [1.165, 1.54) is 0 Å². The van der Waals surface area contributed by atoms with Crippen molar-refractivity contribution in [1.29, 1.82) is 0 Å². The minimum atomic E-state index is 0. The van der Waals surface area contributed by atoms with Gasteiger partial charge in [0.1, 0.15) is 0 Å². The van der Waals surface area contributed by atoms with Crippen molar-refractivity contribution in [3.8, 4) is 0 Å². The molecule has 0 aliphatic heterocycles. The molecule has 0 saturated heterocycles. The van der Waals surface area contributed by atoms with Gasteiger partial charge in [0, 0.05) is 0 Å². The van der Waals surface area contributed by atoms with E-state index >= 15 is 0 Å². The summed E-state index contributed by atoms with van der Waals surface area (Å²) in [6.07, 6.45) is 1.57. The summed E-state index contributed by atoms with van der Waals surface area (Å²) in [6, 6.07) is 0. The zero-order valence-electron chi connectivity index (χ0n) is 6.23. The van der Waals surface area contributed by atoms with Gasteiger partial charge in [0.2, 0.25) is 0 Å². The molecule has 0 spiro atoms. The second-order valence-electron chi connectivity index (χ2n) is 1.95. The molecule has 1 atom stereocenters. The molecular weight excluding hydrogens is 111 g/mol. The first kappa shape index (κ1) is 11.7. The standard InChI is InChI=1S/C6H13O.Na/c1-4-5(2)6(3)7;/h5,7H,4H2,1-3H3;/q-1;+1. The second kappa shape index (κ2) is 6.09. The molecule has 8 heavy (non-hydrogen) atoms. The van der Waals surface area contributed by atoms with Gasteiger partial charge < -0.3 is 5.11 Å². The number of rotatable bonds is 2. The van der Waals surface area contributed by atoms with E-state index in [1.54, 1.807) is 6.92 Å². The van der Waals surface area contributed by atoms with Crippen LogP contribution in [-0.2, 0) is 0 Å². The van der Waals surface area contributed by atoms with E-state index in [2.05, 4.69) is 6.92 Å². The molecule has 0 fully saturated rings. The number of hydrogen-bond acceptors (Lipinski definition) is 1. The van der Waals surface area contributed by atoms with Gasteiger partial charge in [-0.1, -0.05) is 20.3 Å². The Morgan fingerprint density at radius 2 is 2.00 bits per heavy atom. The maximum absolute atomic E-state index is 8.74. The summed E-state index contributed by atoms with van der Waals surface area (Å²) in [5.74, 6) is 0.375. The van der Waals surface area contributed by atoms with Crippen LogP contribution in [0.2, 0.25) is 0 Å². The molecule has 0 radical (unpaired) electrons. The molecule has 0 aromatic rings. The van der Waals surface area contributed by atoms with E-state index in [-0.39, 0.29) is 29.6 Å². The fourth-order valence-corrected chi connectivity index (χ4v) is 0.295. The van der Waals surface area contributed by atoms with Gasteiger partial charge in [-0.3, -0.25) is 0 Å². The molecule has 0 rings (SSSR count). The van der Waals surface area contributed by atoms with Crippen LogP contribution in [0.1, 0.15) is 27.2 Å². The van der Waals surface area contributed by atoms with E-state index in [0.717, 1.165) is 6.42 Å². The van der Waals surface area contributed by atoms with E-state index in [1.807, 2.05) is 6.92 Å². The molecule has 1 unspecified atom stereocenters. The molecule has 2 heteroatoms. The fraction of sp³-hybridized carbons (Fsp3) is 0.833. The van der Waals surface area contributed by atoms with Crippen LogP contribution in [0, 0.1) is 12.0 Å². The molecule has 0 amide bonds. The molecule has 0 bridgehead atoms. The number of aliphatic hydroxyl groups excluding tert-OH is 1. The topological polar surface area (TPSA) is 20.2 Å². The molecule has 0 saturated carbocycles. The molecule has 1 nitrogen and oxygen atoms in total. The Kier molecular flexibility index (Phi) is 8.92. The smallest absolute Gasteiger partial charge is 0.563 e. The summed E-state index contributed by atoms with van der Waals surface area (Å²) in [5.41, 5.74) is 0. The van der Waals surface area contributed by atoms with Crippen LogP contribution in [-0.4, -0.2) is 5.11 Å². The summed E-state index contributed by atoms with van der Waals surface area (Å²) in [5, 5.41) is 8.74. The molecule has 0 aliphatic carbocycles. The first-order valence-corrected chi connectivity index (χ1v) is 2.70. The molecule has 0 aliphatic rings. The predicted molar refractivity (Wildman–Crippen MR) is 30.3 cm³/mol. The van der Waals surface area contributed by atoms with Gasteiger partial charge in [0.05, 0.1) is 0 Å². The van der Waals surface area contributed by atoms with Gasteiger partial charge in [0.25, 0.3) is 0 Å². The van der Waals surface area contributed by atoms with Crippen LogP contribution < -0.4 is 29.6 Å². The Balaban J connectivity index is 0. The molecular formula is C6H13NaO. The Labute approximate surface area is 73.8 Å². The molecule has 0 aromatic heterocycles. The van der Waals surface area contributed by atoms with Crippen molar-refractivity contribution in [1.82, 2.24) is 0 Å². The Hall–Kier alpha value is 0.960. The third kappa shape index (κ3) is 5.10. The van der Waals surface area contributed by atoms with E-state index in [0.29, 0.717) is 12.0 Å². The molecule has 44 valence electrons. The average molecular weight is 124 g/mol. The van der Waals surface area contributed by atoms with Gasteiger partial charge >= 0.3 is 29.6 Å². The zero-order chi connectivity index (χ0) is 5.86. The van der Waals surface area contributed by atoms with Crippen LogP contribution in [0.15, 0.2) is 0 Å². The quantitative estimate of drug-likeness (QED) is 0.368. The Bertz CT molecular complexity index is 45.8. The first-order valence-electron chi connectivity index (χ1n) is 2.70. The van der Waals surface area contributed by atoms with Gasteiger partial charge in [-0.15, -0.1) is 5.92 Å². The van der Waals surface area contributed by atoms with Crippen molar-refractivity contribution in [2.45, 2.75) is 27.2 Å². The molecule has 0 aromatic carbocycles. The first-order chi connectivity index (χ1) is 3.18. The molecule has 0 heterocycles. The van der Waals surface area contributed by atoms with Crippen molar-refractivity contribution < 1.29 is 34.7 Å². The maximum atomic E-state index is 8.74. The summed E-state index contributed by atoms with van der Waals surface area (Å²) in [7, 11) is 0. The Morgan fingerprint density at radius 1 is 1.62 bits per heavy atom. The van der Waals surface area contributed by atoms with Crippen LogP contribution in [0.3, 0.4) is 0 Å². The van der Waals surface area contributed by atoms with E-state index in [9.17, 15) is 0 Å². The van der Waals surface area contributed by atoms with Crippen molar-refractivity contribution >= 4 is 0 Å². The third-order valence-electron chi connectivity index (χ3n) is 1.33. The van der Waals surface area contributed by atoms with Crippen LogP contribution in [0.25, 0.3) is 0 Å². The van der Waals surface area contributed by atoms with Crippen molar-refractivity contribution in [2.24, 2.45) is 5.92 Å². The predicted octanol–water partition coefficient (Wildman–Crippen LogP) is -1.04. The molecule has 1 N–H and O–H groups in total. The van der Waals surface area contributed by atoms with Crippen molar-refractivity contribution in [3.63, 3.8) is 0 Å². The van der Waals surface area contributed by atoms with Crippen molar-refractivity contribution in [3.05, 3.63) is 6.10 Å². The van der Waals surface area contributed by atoms with Gasteiger partial charge in [-0.2, -0.15) is 6.92 Å². The maximum Gasteiger partial charge on any atom is 1.00 e. The summed E-state index contributed by atoms with van der Waals surface area (Å²) in [6.45, 7) is 5.81. The normalized spacial score (nSPS) is 13.1. The van der Waals surface area contributed by atoms with Crippen LogP contribution in [0.4, 0.5) is 0 Å². The summed E-state index contributed by atoms with van der Waals surface area (Å²) in [4.78, 5) is 0. The summed E-state index contributed by atoms with van der Waals surface area (Å²) >= 11 is 0. The van der Waals surface area contributed by atoms with Crippen molar-refractivity contribution in [2.75, 3.05) is 0 Å². The average Bonchev–Trinajstić information content (AvgIpc) is 1.65. The fourth-order valence-electron chi connectivity index (χ4n) is 0.295. The number of hydrogen-bond donors (Lipinski definition) is 1. The van der Waals surface area contributed by atoms with Crippen LogP contribution >= 0.6 is 0 Å².